The lowest BCUT2D eigenvalue weighted by molar-refractivity contribution is -0.306. The van der Waals surface area contributed by atoms with E-state index in [0.29, 0.717) is 0 Å². The van der Waals surface area contributed by atoms with Crippen LogP contribution >= 0.6 is 0 Å². The molecule has 0 saturated heterocycles. The van der Waals surface area contributed by atoms with E-state index >= 15 is 0 Å². The van der Waals surface area contributed by atoms with Gasteiger partial charge in [0.15, 0.2) is 0 Å². The summed E-state index contributed by atoms with van der Waals surface area (Å²) in [6.45, 7) is 8.45. The summed E-state index contributed by atoms with van der Waals surface area (Å²) in [5.74, 6) is 0. The summed E-state index contributed by atoms with van der Waals surface area (Å²) in [5.41, 5.74) is -0.403. The van der Waals surface area contributed by atoms with Gasteiger partial charge in [-0.05, 0) is 34.4 Å². The van der Waals surface area contributed by atoms with Crippen molar-refractivity contribution in [1.82, 2.24) is 5.32 Å². The SMILES string of the molecule is CC(C)(C)OO.CCNC. The van der Waals surface area contributed by atoms with E-state index in [1.165, 1.54) is 0 Å². The van der Waals surface area contributed by atoms with Gasteiger partial charge in [0.1, 0.15) is 0 Å². The second kappa shape index (κ2) is 6.99. The molecule has 0 aliphatic heterocycles. The molecule has 0 amide bonds. The fourth-order valence-electron chi connectivity index (χ4n) is 0. The van der Waals surface area contributed by atoms with Crippen LogP contribution in [0.25, 0.3) is 0 Å². The lowest BCUT2D eigenvalue weighted by Crippen LogP contribution is -2.15. The van der Waals surface area contributed by atoms with Crippen LogP contribution in [0.5, 0.6) is 0 Å². The molecule has 64 valence electrons. The van der Waals surface area contributed by atoms with Gasteiger partial charge in [-0.3, -0.25) is 5.26 Å². The zero-order valence-electron chi connectivity index (χ0n) is 7.56. The van der Waals surface area contributed by atoms with Gasteiger partial charge in [-0.15, -0.1) is 0 Å². The van der Waals surface area contributed by atoms with Gasteiger partial charge in [-0.2, -0.15) is 0 Å². The maximum Gasteiger partial charge on any atom is 0.0949 e. The van der Waals surface area contributed by atoms with Gasteiger partial charge >= 0.3 is 0 Å². The van der Waals surface area contributed by atoms with Crippen molar-refractivity contribution >= 4 is 0 Å². The van der Waals surface area contributed by atoms with Crippen molar-refractivity contribution in [2.24, 2.45) is 0 Å². The molecular weight excluding hydrogens is 130 g/mol. The van der Waals surface area contributed by atoms with Crippen molar-refractivity contribution in [1.29, 1.82) is 0 Å². The molecule has 2 N–H and O–H groups in total. The topological polar surface area (TPSA) is 41.5 Å². The van der Waals surface area contributed by atoms with Crippen LogP contribution in [0.2, 0.25) is 0 Å². The van der Waals surface area contributed by atoms with Crippen LogP contribution in [-0.2, 0) is 4.89 Å². The van der Waals surface area contributed by atoms with Gasteiger partial charge in [-0.1, -0.05) is 6.92 Å². The summed E-state index contributed by atoms with van der Waals surface area (Å²) in [5, 5.41) is 10.8. The van der Waals surface area contributed by atoms with Gasteiger partial charge in [-0.25, -0.2) is 4.89 Å². The third-order valence-electron chi connectivity index (χ3n) is 0.627. The lowest BCUT2D eigenvalue weighted by atomic mass is 10.2. The second-order valence-electron chi connectivity index (χ2n) is 2.91. The van der Waals surface area contributed by atoms with Gasteiger partial charge < -0.3 is 5.32 Å². The van der Waals surface area contributed by atoms with Gasteiger partial charge in [0.25, 0.3) is 0 Å². The molecule has 0 aromatic carbocycles. The molecule has 0 rings (SSSR count). The summed E-state index contributed by atoms with van der Waals surface area (Å²) in [7, 11) is 1.93. The molecule has 0 aromatic rings. The molecule has 10 heavy (non-hydrogen) atoms. The van der Waals surface area contributed by atoms with Crippen LogP contribution in [0, 0.1) is 0 Å². The van der Waals surface area contributed by atoms with Crippen molar-refractivity contribution < 1.29 is 10.1 Å². The Kier molecular flexibility index (Phi) is 8.77. The first-order chi connectivity index (χ1) is 4.47. The molecule has 0 radical (unpaired) electrons. The fourth-order valence-corrected chi connectivity index (χ4v) is 0. The minimum absolute atomic E-state index is 0.403. The highest BCUT2D eigenvalue weighted by atomic mass is 17.1. The number of hydrogen-bond donors (Lipinski definition) is 2. The smallest absolute Gasteiger partial charge is 0.0949 e. The first-order valence-corrected chi connectivity index (χ1v) is 3.45. The van der Waals surface area contributed by atoms with Crippen molar-refractivity contribution in [3.05, 3.63) is 0 Å². The van der Waals surface area contributed by atoms with Gasteiger partial charge in [0.2, 0.25) is 0 Å². The minimum Gasteiger partial charge on any atom is -0.320 e. The van der Waals surface area contributed by atoms with Crippen molar-refractivity contribution in [3.63, 3.8) is 0 Å². The number of nitrogens with one attached hydrogen (secondary N) is 1. The summed E-state index contributed by atoms with van der Waals surface area (Å²) in [6, 6.07) is 0. The molecule has 3 nitrogen and oxygen atoms in total. The van der Waals surface area contributed by atoms with Gasteiger partial charge in [0.05, 0.1) is 5.60 Å². The molecule has 0 aliphatic rings. The summed E-state index contributed by atoms with van der Waals surface area (Å²) < 4.78 is 0. The van der Waals surface area contributed by atoms with Crippen molar-refractivity contribution in [2.75, 3.05) is 13.6 Å². The average Bonchev–Trinajstić information content (AvgIpc) is 1.87. The first-order valence-electron chi connectivity index (χ1n) is 3.45. The standard InChI is InChI=1S/C4H10O2.C3H9N/c1-4(2,3)6-5;1-3-4-2/h5H,1-3H3;4H,3H2,1-2H3. The molecule has 0 heterocycles. The van der Waals surface area contributed by atoms with E-state index in [4.69, 9.17) is 5.26 Å². The Labute approximate surface area is 63.3 Å². The normalized spacial score (nSPS) is 10.2. The Morgan fingerprint density at radius 1 is 1.40 bits per heavy atom. The minimum atomic E-state index is -0.403. The highest BCUT2D eigenvalue weighted by molar-refractivity contribution is 4.53. The van der Waals surface area contributed by atoms with E-state index in [1.807, 2.05) is 7.05 Å². The molecule has 0 unspecified atom stereocenters. The Hall–Kier alpha value is -0.120. The summed E-state index contributed by atoms with van der Waals surface area (Å²) in [6.07, 6.45) is 0. The van der Waals surface area contributed by atoms with E-state index in [0.717, 1.165) is 6.54 Å². The Balaban J connectivity index is 0. The molecule has 0 bridgehead atoms. The predicted octanol–water partition coefficient (Wildman–Crippen LogP) is 1.50. The molecular formula is C7H19NO2. The zero-order valence-corrected chi connectivity index (χ0v) is 7.56. The Morgan fingerprint density at radius 2 is 1.60 bits per heavy atom. The number of rotatable bonds is 1. The summed E-state index contributed by atoms with van der Waals surface area (Å²) >= 11 is 0. The van der Waals surface area contributed by atoms with Crippen LogP contribution in [0.4, 0.5) is 0 Å². The quantitative estimate of drug-likeness (QED) is 0.438. The van der Waals surface area contributed by atoms with E-state index in [2.05, 4.69) is 17.1 Å². The maximum absolute atomic E-state index is 7.90. The predicted molar refractivity (Wildman–Crippen MR) is 43.1 cm³/mol. The van der Waals surface area contributed by atoms with Crippen LogP contribution in [0.1, 0.15) is 27.7 Å². The van der Waals surface area contributed by atoms with E-state index in [9.17, 15) is 0 Å². The fraction of sp³-hybridized carbons (Fsp3) is 1.00. The van der Waals surface area contributed by atoms with Crippen molar-refractivity contribution in [3.8, 4) is 0 Å². The highest BCUT2D eigenvalue weighted by Gasteiger charge is 2.06. The molecule has 0 saturated carbocycles. The van der Waals surface area contributed by atoms with Crippen LogP contribution in [0.3, 0.4) is 0 Å². The van der Waals surface area contributed by atoms with Crippen LogP contribution in [-0.4, -0.2) is 24.5 Å². The zero-order chi connectivity index (χ0) is 8.62. The van der Waals surface area contributed by atoms with E-state index < -0.39 is 5.60 Å². The lowest BCUT2D eigenvalue weighted by Gasteiger charge is -2.10. The van der Waals surface area contributed by atoms with Crippen LogP contribution < -0.4 is 5.32 Å². The highest BCUT2D eigenvalue weighted by Crippen LogP contribution is 2.01. The molecule has 3 heteroatoms. The third kappa shape index (κ3) is 24.8. The second-order valence-corrected chi connectivity index (χ2v) is 2.91. The average molecular weight is 149 g/mol. The molecule has 0 atom stereocenters. The van der Waals surface area contributed by atoms with Crippen LogP contribution in [0.15, 0.2) is 0 Å². The third-order valence-corrected chi connectivity index (χ3v) is 0.627. The van der Waals surface area contributed by atoms with Crippen molar-refractivity contribution in [2.45, 2.75) is 33.3 Å². The van der Waals surface area contributed by atoms with E-state index in [-0.39, 0.29) is 0 Å². The Bertz CT molecular complexity index is 57.1. The van der Waals surface area contributed by atoms with Gasteiger partial charge in [0, 0.05) is 0 Å². The molecule has 0 fully saturated rings. The number of hydrogen-bond acceptors (Lipinski definition) is 3. The maximum atomic E-state index is 7.90. The largest absolute Gasteiger partial charge is 0.320 e. The monoisotopic (exact) mass is 149 g/mol. The first kappa shape index (κ1) is 12.5. The summed E-state index contributed by atoms with van der Waals surface area (Å²) in [4.78, 5) is 3.94. The van der Waals surface area contributed by atoms with E-state index in [1.54, 1.807) is 20.8 Å². The molecule has 0 aliphatic carbocycles. The molecule has 0 aromatic heterocycles. The Morgan fingerprint density at radius 3 is 1.60 bits per heavy atom. The molecule has 0 spiro atoms.